The summed E-state index contributed by atoms with van der Waals surface area (Å²) in [5.74, 6) is 0.547. The van der Waals surface area contributed by atoms with Gasteiger partial charge in [-0.25, -0.2) is 8.42 Å². The highest BCUT2D eigenvalue weighted by Crippen LogP contribution is 2.12. The van der Waals surface area contributed by atoms with Crippen LogP contribution >= 0.6 is 0 Å². The molecule has 18 heavy (non-hydrogen) atoms. The van der Waals surface area contributed by atoms with E-state index in [1.807, 2.05) is 0 Å². The third-order valence-corrected chi connectivity index (χ3v) is 5.59. The predicted molar refractivity (Wildman–Crippen MR) is 71.4 cm³/mol. The Kier molecular flexibility index (Phi) is 5.00. The van der Waals surface area contributed by atoms with E-state index in [1.54, 1.807) is 0 Å². The molecule has 2 aliphatic heterocycles. The molecular formula is C12H24N2O3S. The van der Waals surface area contributed by atoms with Crippen LogP contribution in [0.15, 0.2) is 0 Å². The van der Waals surface area contributed by atoms with E-state index in [1.165, 1.54) is 12.8 Å². The molecule has 0 aromatic heterocycles. The van der Waals surface area contributed by atoms with Gasteiger partial charge in [0.25, 0.3) is 0 Å². The van der Waals surface area contributed by atoms with Crippen LogP contribution in [0, 0.1) is 0 Å². The molecule has 5 nitrogen and oxygen atoms in total. The lowest BCUT2D eigenvalue weighted by atomic mass is 10.2. The number of rotatable bonds is 5. The molecule has 0 saturated carbocycles. The van der Waals surface area contributed by atoms with Gasteiger partial charge in [-0.05, 0) is 38.8 Å². The van der Waals surface area contributed by atoms with Crippen LogP contribution in [0.25, 0.3) is 0 Å². The fourth-order valence-electron chi connectivity index (χ4n) is 2.81. The maximum Gasteiger partial charge on any atom is 0.151 e. The molecule has 6 heteroatoms. The second kappa shape index (κ2) is 6.32. The fraction of sp³-hybridized carbons (Fsp3) is 1.00. The Hall–Kier alpha value is -0.170. The summed E-state index contributed by atoms with van der Waals surface area (Å²) in [5, 5.41) is 13.1. The van der Waals surface area contributed by atoms with Crippen molar-refractivity contribution in [1.82, 2.24) is 10.2 Å². The Morgan fingerprint density at radius 1 is 1.28 bits per heavy atom. The average molecular weight is 276 g/mol. The quantitative estimate of drug-likeness (QED) is 0.716. The lowest BCUT2D eigenvalue weighted by Crippen LogP contribution is -2.45. The number of β-amino-alcohol motifs (C(OH)–C–C–N with tert-alkyl or cyclic N) is 1. The molecule has 2 saturated heterocycles. The molecule has 0 aromatic rings. The lowest BCUT2D eigenvalue weighted by Gasteiger charge is -2.25. The van der Waals surface area contributed by atoms with E-state index in [2.05, 4.69) is 10.2 Å². The zero-order valence-electron chi connectivity index (χ0n) is 10.8. The van der Waals surface area contributed by atoms with Crippen LogP contribution in [-0.2, 0) is 9.84 Å². The van der Waals surface area contributed by atoms with Gasteiger partial charge in [-0.15, -0.1) is 0 Å². The van der Waals surface area contributed by atoms with E-state index in [-0.39, 0.29) is 11.8 Å². The van der Waals surface area contributed by atoms with Crippen LogP contribution in [0.5, 0.6) is 0 Å². The van der Waals surface area contributed by atoms with Crippen LogP contribution in [0.2, 0.25) is 0 Å². The van der Waals surface area contributed by atoms with Gasteiger partial charge in [0.15, 0.2) is 9.84 Å². The molecule has 2 unspecified atom stereocenters. The topological polar surface area (TPSA) is 69.6 Å². The maximum atomic E-state index is 11.5. The standard InChI is InChI=1S/C12H24N2O3S/c15-12(9-14-5-1-2-6-14)8-13-11-4-3-7-18(16,17)10-11/h11-13,15H,1-10H2. The molecule has 0 spiro atoms. The van der Waals surface area contributed by atoms with E-state index < -0.39 is 15.9 Å². The molecule has 0 bridgehead atoms. The second-order valence-electron chi connectivity index (χ2n) is 5.52. The number of sulfone groups is 1. The van der Waals surface area contributed by atoms with Crippen molar-refractivity contribution in [2.45, 2.75) is 37.8 Å². The van der Waals surface area contributed by atoms with Crippen molar-refractivity contribution in [3.05, 3.63) is 0 Å². The van der Waals surface area contributed by atoms with Crippen LogP contribution < -0.4 is 5.32 Å². The molecule has 2 atom stereocenters. The minimum absolute atomic E-state index is 0.0250. The van der Waals surface area contributed by atoms with Crippen molar-refractivity contribution in [1.29, 1.82) is 0 Å². The van der Waals surface area contributed by atoms with Crippen molar-refractivity contribution in [2.75, 3.05) is 37.7 Å². The van der Waals surface area contributed by atoms with Gasteiger partial charge in [-0.2, -0.15) is 0 Å². The monoisotopic (exact) mass is 276 g/mol. The lowest BCUT2D eigenvalue weighted by molar-refractivity contribution is 0.120. The van der Waals surface area contributed by atoms with Crippen molar-refractivity contribution in [3.8, 4) is 0 Å². The van der Waals surface area contributed by atoms with E-state index in [4.69, 9.17) is 0 Å². The van der Waals surface area contributed by atoms with Crippen LogP contribution in [0.1, 0.15) is 25.7 Å². The molecule has 2 aliphatic rings. The Morgan fingerprint density at radius 3 is 2.67 bits per heavy atom. The van der Waals surface area contributed by atoms with Crippen molar-refractivity contribution in [3.63, 3.8) is 0 Å². The number of nitrogens with one attached hydrogen (secondary N) is 1. The van der Waals surface area contributed by atoms with Gasteiger partial charge in [-0.3, -0.25) is 0 Å². The molecule has 0 aromatic carbocycles. The zero-order chi connectivity index (χ0) is 13.0. The average Bonchev–Trinajstić information content (AvgIpc) is 2.78. The van der Waals surface area contributed by atoms with E-state index >= 15 is 0 Å². The van der Waals surface area contributed by atoms with Gasteiger partial charge in [-0.1, -0.05) is 0 Å². The number of hydrogen-bond acceptors (Lipinski definition) is 5. The molecule has 2 fully saturated rings. The normalized spacial score (nSPS) is 30.4. The summed E-state index contributed by atoms with van der Waals surface area (Å²) in [6.45, 7) is 3.35. The summed E-state index contributed by atoms with van der Waals surface area (Å²) >= 11 is 0. The first-order valence-electron chi connectivity index (χ1n) is 6.89. The molecule has 2 N–H and O–H groups in total. The second-order valence-corrected chi connectivity index (χ2v) is 7.75. The summed E-state index contributed by atoms with van der Waals surface area (Å²) in [6.07, 6.45) is 3.69. The van der Waals surface area contributed by atoms with E-state index in [0.717, 1.165) is 25.9 Å². The maximum absolute atomic E-state index is 11.5. The highest BCUT2D eigenvalue weighted by molar-refractivity contribution is 7.91. The first-order chi connectivity index (χ1) is 8.55. The third kappa shape index (κ3) is 4.50. The van der Waals surface area contributed by atoms with Crippen LogP contribution in [-0.4, -0.2) is 68.3 Å². The molecular weight excluding hydrogens is 252 g/mol. The summed E-state index contributed by atoms with van der Waals surface area (Å²) in [4.78, 5) is 2.27. The number of hydrogen-bond donors (Lipinski definition) is 2. The van der Waals surface area contributed by atoms with Crippen LogP contribution in [0.4, 0.5) is 0 Å². The van der Waals surface area contributed by atoms with E-state index in [9.17, 15) is 13.5 Å². The number of aliphatic hydroxyl groups is 1. The first-order valence-corrected chi connectivity index (χ1v) is 8.71. The largest absolute Gasteiger partial charge is 0.390 e. The molecule has 0 aliphatic carbocycles. The van der Waals surface area contributed by atoms with Gasteiger partial charge in [0.2, 0.25) is 0 Å². The smallest absolute Gasteiger partial charge is 0.151 e. The van der Waals surface area contributed by atoms with Gasteiger partial charge >= 0.3 is 0 Å². The van der Waals surface area contributed by atoms with Gasteiger partial charge in [0.05, 0.1) is 17.6 Å². The number of aliphatic hydroxyl groups excluding tert-OH is 1. The van der Waals surface area contributed by atoms with Crippen molar-refractivity contribution in [2.24, 2.45) is 0 Å². The van der Waals surface area contributed by atoms with Crippen molar-refractivity contribution >= 4 is 9.84 Å². The highest BCUT2D eigenvalue weighted by Gasteiger charge is 2.25. The van der Waals surface area contributed by atoms with Gasteiger partial charge < -0.3 is 15.3 Å². The number of nitrogens with zero attached hydrogens (tertiary/aromatic N) is 1. The third-order valence-electron chi connectivity index (χ3n) is 3.77. The Morgan fingerprint density at radius 2 is 2.00 bits per heavy atom. The first kappa shape index (κ1) is 14.2. The highest BCUT2D eigenvalue weighted by atomic mass is 32.2. The minimum Gasteiger partial charge on any atom is -0.390 e. The number of likely N-dealkylation sites (tertiary alicyclic amines) is 1. The summed E-state index contributed by atoms with van der Waals surface area (Å²) < 4.78 is 22.9. The molecule has 2 heterocycles. The summed E-state index contributed by atoms with van der Waals surface area (Å²) in [7, 11) is -2.86. The van der Waals surface area contributed by atoms with E-state index in [0.29, 0.717) is 18.8 Å². The Balaban J connectivity index is 1.67. The molecule has 0 radical (unpaired) electrons. The molecule has 106 valence electrons. The zero-order valence-corrected chi connectivity index (χ0v) is 11.7. The Bertz CT molecular complexity index is 352. The Labute approximate surface area is 109 Å². The summed E-state index contributed by atoms with van der Waals surface area (Å²) in [6, 6.07) is 0.0250. The SMILES string of the molecule is O=S1(=O)CCCC(NCC(O)CN2CCCC2)C1. The fourth-order valence-corrected chi connectivity index (χ4v) is 4.49. The van der Waals surface area contributed by atoms with Gasteiger partial charge in [0, 0.05) is 19.1 Å². The minimum atomic E-state index is -2.86. The van der Waals surface area contributed by atoms with Crippen molar-refractivity contribution < 1.29 is 13.5 Å². The van der Waals surface area contributed by atoms with Crippen LogP contribution in [0.3, 0.4) is 0 Å². The predicted octanol–water partition coefficient (Wildman–Crippen LogP) is -0.390. The molecule has 2 rings (SSSR count). The molecule has 0 amide bonds. The summed E-state index contributed by atoms with van der Waals surface area (Å²) in [5.41, 5.74) is 0. The van der Waals surface area contributed by atoms with Gasteiger partial charge in [0.1, 0.15) is 0 Å².